The fourth-order valence-corrected chi connectivity index (χ4v) is 11.7. The Morgan fingerprint density at radius 1 is 0.426 bits per heavy atom. The van der Waals surface area contributed by atoms with Gasteiger partial charge in [-0.15, -0.1) is 10.2 Å². The van der Waals surface area contributed by atoms with E-state index in [0.29, 0.717) is 0 Å². The summed E-state index contributed by atoms with van der Waals surface area (Å²) in [5, 5.41) is 26.8. The van der Waals surface area contributed by atoms with Gasteiger partial charge in [0.2, 0.25) is 0 Å². The highest BCUT2D eigenvalue weighted by Gasteiger charge is 2.47. The Morgan fingerprint density at radius 2 is 0.779 bits per heavy atom. The minimum absolute atomic E-state index is 0.0809. The van der Waals surface area contributed by atoms with Gasteiger partial charge < -0.3 is 0 Å². The standard InChI is InChI=1S/2C28H36N6/c2*1-23-11-9-12-24(2)26(23)34-27(29-30-31-34)28(16-7-4-8-17-28)33-21-19-32(20-22-33)18-10-15-25-13-5-3-6-14-25/h2*3,5-6,9-15H,4,7-8,16-22H2,1-2H3/b2*15-10+. The summed E-state index contributed by atoms with van der Waals surface area (Å²) in [5.41, 5.74) is 9.51. The molecule has 68 heavy (non-hydrogen) atoms. The second-order valence-electron chi connectivity index (χ2n) is 19.7. The van der Waals surface area contributed by atoms with E-state index in [-0.39, 0.29) is 11.1 Å². The van der Waals surface area contributed by atoms with Crippen LogP contribution in [0.2, 0.25) is 0 Å². The van der Waals surface area contributed by atoms with Gasteiger partial charge >= 0.3 is 0 Å². The molecule has 12 heteroatoms. The largest absolute Gasteiger partial charge is 0.297 e. The van der Waals surface area contributed by atoms with Crippen LogP contribution in [-0.4, -0.2) is 125 Å². The highest BCUT2D eigenvalue weighted by Crippen LogP contribution is 2.44. The van der Waals surface area contributed by atoms with Crippen molar-refractivity contribution >= 4 is 12.2 Å². The number of benzene rings is 4. The molecule has 0 spiro atoms. The fourth-order valence-electron chi connectivity index (χ4n) is 11.7. The summed E-state index contributed by atoms with van der Waals surface area (Å²) < 4.78 is 4.09. The molecule has 0 atom stereocenters. The summed E-state index contributed by atoms with van der Waals surface area (Å²) in [5.74, 6) is 2.06. The lowest BCUT2D eigenvalue weighted by atomic mass is 9.79. The normalized spacial score (nSPS) is 19.6. The van der Waals surface area contributed by atoms with E-state index in [0.717, 1.165) is 114 Å². The van der Waals surface area contributed by atoms with Crippen LogP contribution in [0.25, 0.3) is 23.5 Å². The van der Waals surface area contributed by atoms with Crippen LogP contribution in [0.4, 0.5) is 0 Å². The number of aromatic nitrogens is 8. The van der Waals surface area contributed by atoms with Gasteiger partial charge in [0.15, 0.2) is 11.6 Å². The van der Waals surface area contributed by atoms with E-state index in [4.69, 9.17) is 0 Å². The van der Waals surface area contributed by atoms with Crippen LogP contribution < -0.4 is 0 Å². The molecule has 0 bridgehead atoms. The minimum atomic E-state index is -0.0809. The number of piperazine rings is 2. The first-order chi connectivity index (χ1) is 33.3. The predicted octanol–water partition coefficient (Wildman–Crippen LogP) is 9.54. The Morgan fingerprint density at radius 3 is 1.13 bits per heavy atom. The van der Waals surface area contributed by atoms with Crippen molar-refractivity contribution in [2.24, 2.45) is 0 Å². The zero-order chi connectivity index (χ0) is 46.8. The summed E-state index contributed by atoms with van der Waals surface area (Å²) in [4.78, 5) is 10.5. The molecule has 0 unspecified atom stereocenters. The molecule has 2 aliphatic heterocycles. The second kappa shape index (κ2) is 22.2. The summed E-state index contributed by atoms with van der Waals surface area (Å²) >= 11 is 0. The molecule has 4 heterocycles. The van der Waals surface area contributed by atoms with Crippen LogP contribution in [-0.2, 0) is 11.1 Å². The maximum Gasteiger partial charge on any atom is 0.176 e. The van der Waals surface area contributed by atoms with Gasteiger partial charge in [0.05, 0.1) is 22.5 Å². The van der Waals surface area contributed by atoms with Crippen molar-refractivity contribution in [3.63, 3.8) is 0 Å². The molecule has 12 nitrogen and oxygen atoms in total. The third-order valence-electron chi connectivity index (χ3n) is 15.3. The Bertz CT molecular complexity index is 2350. The van der Waals surface area contributed by atoms with Gasteiger partial charge in [-0.3, -0.25) is 19.6 Å². The van der Waals surface area contributed by atoms with Gasteiger partial charge in [0, 0.05) is 65.4 Å². The van der Waals surface area contributed by atoms with Gasteiger partial charge in [0.1, 0.15) is 0 Å². The van der Waals surface area contributed by atoms with E-state index in [1.54, 1.807) is 0 Å². The van der Waals surface area contributed by atoms with E-state index in [2.05, 4.69) is 200 Å². The molecule has 356 valence electrons. The molecule has 0 amide bonds. The Kier molecular flexibility index (Phi) is 15.5. The molecule has 2 saturated carbocycles. The SMILES string of the molecule is Cc1cccc(C)c1-n1nnnc1C1(N2CCN(C/C=C/c3ccccc3)CC2)CCCCC1.Cc1cccc(C)c1-n1nnnc1C1(N2CCN(C/C=C/c3ccccc3)CC2)CCCCC1. The molecule has 4 aliphatic rings. The smallest absolute Gasteiger partial charge is 0.176 e. The Labute approximate surface area is 404 Å². The lowest BCUT2D eigenvalue weighted by Crippen LogP contribution is -2.57. The molecule has 10 rings (SSSR count). The number of tetrazole rings is 2. The maximum atomic E-state index is 4.68. The lowest BCUT2D eigenvalue weighted by Gasteiger charge is -2.48. The van der Waals surface area contributed by atoms with E-state index in [1.807, 2.05) is 9.36 Å². The van der Waals surface area contributed by atoms with Gasteiger partial charge in [-0.1, -0.05) is 160 Å². The van der Waals surface area contributed by atoms with Crippen LogP contribution in [0, 0.1) is 27.7 Å². The molecule has 6 aromatic rings. The number of hydrogen-bond acceptors (Lipinski definition) is 10. The monoisotopic (exact) mass is 913 g/mol. The van der Waals surface area contributed by atoms with Crippen LogP contribution >= 0.6 is 0 Å². The Hall–Kier alpha value is -5.66. The molecule has 4 fully saturated rings. The lowest BCUT2D eigenvalue weighted by molar-refractivity contribution is -0.000420. The highest BCUT2D eigenvalue weighted by atomic mass is 15.6. The van der Waals surface area contributed by atoms with Crippen molar-refractivity contribution in [1.29, 1.82) is 0 Å². The number of hydrogen-bond donors (Lipinski definition) is 0. The van der Waals surface area contributed by atoms with Crippen LogP contribution in [0.15, 0.2) is 109 Å². The zero-order valence-electron chi connectivity index (χ0n) is 41.1. The van der Waals surface area contributed by atoms with Crippen molar-refractivity contribution in [3.8, 4) is 11.4 Å². The molecule has 2 aliphatic carbocycles. The van der Waals surface area contributed by atoms with Crippen molar-refractivity contribution in [3.05, 3.63) is 154 Å². The summed E-state index contributed by atoms with van der Waals surface area (Å²) in [6.07, 6.45) is 21.1. The van der Waals surface area contributed by atoms with E-state index in [1.165, 1.54) is 71.9 Å². The molecule has 2 aromatic heterocycles. The fraction of sp³-hybridized carbons (Fsp3) is 0.464. The topological polar surface area (TPSA) is 100 Å². The van der Waals surface area contributed by atoms with E-state index < -0.39 is 0 Å². The third kappa shape index (κ3) is 10.5. The number of para-hydroxylation sites is 2. The van der Waals surface area contributed by atoms with E-state index >= 15 is 0 Å². The van der Waals surface area contributed by atoms with Crippen molar-refractivity contribution < 1.29 is 0 Å². The average Bonchev–Trinajstić information content (AvgIpc) is 4.08. The number of rotatable bonds is 12. The minimum Gasteiger partial charge on any atom is -0.297 e. The first-order valence-electron chi connectivity index (χ1n) is 25.4. The first kappa shape index (κ1) is 47.4. The van der Waals surface area contributed by atoms with Crippen LogP contribution in [0.5, 0.6) is 0 Å². The summed E-state index contributed by atoms with van der Waals surface area (Å²) in [6, 6.07) is 34.0. The third-order valence-corrected chi connectivity index (χ3v) is 15.3. The number of aryl methyl sites for hydroxylation is 4. The molecular weight excluding hydrogens is 841 g/mol. The second-order valence-corrected chi connectivity index (χ2v) is 19.7. The predicted molar refractivity (Wildman–Crippen MR) is 274 cm³/mol. The molecule has 0 N–H and O–H groups in total. The van der Waals surface area contributed by atoms with Crippen LogP contribution in [0.1, 0.15) is 109 Å². The van der Waals surface area contributed by atoms with Crippen molar-refractivity contribution in [2.75, 3.05) is 65.4 Å². The first-order valence-corrected chi connectivity index (χ1v) is 25.4. The average molecular weight is 913 g/mol. The van der Waals surface area contributed by atoms with Crippen molar-refractivity contribution in [2.45, 2.75) is 103 Å². The van der Waals surface area contributed by atoms with Gasteiger partial charge in [-0.05, 0) is 108 Å². The van der Waals surface area contributed by atoms with Gasteiger partial charge in [-0.2, -0.15) is 9.36 Å². The van der Waals surface area contributed by atoms with Gasteiger partial charge in [0.25, 0.3) is 0 Å². The van der Waals surface area contributed by atoms with Crippen molar-refractivity contribution in [1.82, 2.24) is 60.0 Å². The summed E-state index contributed by atoms with van der Waals surface area (Å²) in [7, 11) is 0. The van der Waals surface area contributed by atoms with Crippen LogP contribution in [0.3, 0.4) is 0 Å². The number of nitrogens with zero attached hydrogens (tertiary/aromatic N) is 12. The zero-order valence-corrected chi connectivity index (χ0v) is 41.1. The molecular formula is C56H72N12. The van der Waals surface area contributed by atoms with E-state index in [9.17, 15) is 0 Å². The molecule has 2 saturated heterocycles. The highest BCUT2D eigenvalue weighted by molar-refractivity contribution is 5.50. The quantitative estimate of drug-likeness (QED) is 0.118. The molecule has 0 radical (unpaired) electrons. The maximum absolute atomic E-state index is 4.68. The Balaban J connectivity index is 0.000000170. The molecule has 4 aromatic carbocycles. The van der Waals surface area contributed by atoms with Gasteiger partial charge in [-0.25, -0.2) is 0 Å². The summed E-state index contributed by atoms with van der Waals surface area (Å²) in [6.45, 7) is 19.1.